The number of Topliss-reactive ketones (excluding diaryl/α,β-unsaturated/α-hetero) is 1. The number of halogens is 9. The van der Waals surface area contributed by atoms with Crippen LogP contribution in [0.25, 0.3) is 34.9 Å². The standard InChI is InChI=1S/C22H27FN4O2.C17H15FN2O2.C16H13FN2O3.C8H6FNO.C8H9NO3.C6H16N2.I3.I2/c1-5-27(6-2)10-9-24-22(29)20-13(3)19(25-14(20)4)12-17-16-11-15(23)7-8-18(16)26-21(17)28;1-8-15(19-9(2)16(8)10(3)21)7-13-12-6-11(18)4-5-14(12)20-17(13)22;1-7-13(18-8(2)14(7)16(21)22)6-11-10-5-9(17)3-4-12(10)19-15(11)20;9-6-1-2-7-5(3-6)4-8(11)10-7;1-4-6(3-10)9-5(2)7(4)8(11)12;1-3-8(4-2)6-5-7;1-3-2;1-2/h7-8,11-12,25H,5-6,9-10H2,1-4H3,(H,24,29)(H,26,28);4-7,19H,1-3H3,(H,20,22);3-6,18H,1-2H3,(H,19,20)(H,21,22);1-3H,4H2,(H,10,11);3,9H,1-2H3,(H,11,12);3-7H2,1-2H3;;/q;;;;;;-1;/b17-12-;13-7-;11-6-;;;;;. The number of nitrogens with two attached hydrogens (primary N) is 1. The molecule has 4 aromatic carbocycles. The number of aromatic nitrogens is 4. The van der Waals surface area contributed by atoms with E-state index in [1.165, 1.54) is 67.6 Å². The van der Waals surface area contributed by atoms with Crippen LogP contribution in [0.3, 0.4) is 0 Å². The van der Waals surface area contributed by atoms with Crippen LogP contribution in [0.15, 0.2) is 72.8 Å². The van der Waals surface area contributed by atoms with Gasteiger partial charge in [-0.3, -0.25) is 33.6 Å². The van der Waals surface area contributed by atoms with Crippen molar-refractivity contribution in [2.45, 2.75) is 96.4 Å². The second kappa shape index (κ2) is 43.6. The van der Waals surface area contributed by atoms with Crippen LogP contribution in [0.5, 0.6) is 0 Å². The first-order valence-electron chi connectivity index (χ1n) is 33.9. The Morgan fingerprint density at radius 2 is 0.826 bits per heavy atom. The van der Waals surface area contributed by atoms with Crippen LogP contribution in [0.4, 0.5) is 40.3 Å². The molecule has 0 bridgehead atoms. The number of nitrogens with zero attached hydrogens (tertiary/aromatic N) is 2. The van der Waals surface area contributed by atoms with Crippen LogP contribution in [0, 0.1) is 78.7 Å². The zero-order chi connectivity index (χ0) is 81.4. The average Bonchev–Trinajstić information content (AvgIpc) is 1.63. The second-order valence-electron chi connectivity index (χ2n) is 24.7. The first-order chi connectivity index (χ1) is 51.7. The van der Waals surface area contributed by atoms with Gasteiger partial charge >= 0.3 is 62.4 Å². The predicted molar refractivity (Wildman–Crippen MR) is 451 cm³/mol. The summed E-state index contributed by atoms with van der Waals surface area (Å²) in [5.74, 6) is -4.72. The molecule has 0 spiro atoms. The van der Waals surface area contributed by atoms with E-state index in [1.807, 2.05) is 27.7 Å². The summed E-state index contributed by atoms with van der Waals surface area (Å²) in [6.45, 7) is 31.2. The SMILES string of the molecule is CC(=O)c1c(C)[nH]c(/C=C2\C(=O)Nc3ccc(F)cc32)c1C.CCN(CC)CCN.CCN(CC)CCNC(=O)c1c(C)[nH]c(/C=C2\C(=O)Nc3ccc(F)cc32)c1C.Cc1[nH]c(/C=C2\C(=O)Nc3ccc(F)cc32)c(C)c1C(=O)O.Cc1[nH]c(C=O)c(C)c1C(=O)O.II.I[I-]I.O=C1Cc2cc(F)ccc2N1. The monoisotopic (exact) mass is 2070 g/mol. The summed E-state index contributed by atoms with van der Waals surface area (Å²) in [5, 5.41) is 31.6. The molecule has 4 aromatic heterocycles. The smallest absolute Gasteiger partial charge is 0.228 e. The zero-order valence-corrected chi connectivity index (χ0v) is 72.8. The second-order valence-corrected chi connectivity index (χ2v) is 41.0. The molecule has 12 rings (SSSR count). The minimum Gasteiger partial charge on any atom is -0.326 e. The van der Waals surface area contributed by atoms with E-state index in [-0.39, 0.29) is 52.3 Å². The van der Waals surface area contributed by atoms with Gasteiger partial charge in [-0.2, -0.15) is 0 Å². The number of aromatic carboxylic acids is 2. The van der Waals surface area contributed by atoms with Crippen molar-refractivity contribution in [2.24, 2.45) is 5.73 Å². The quantitative estimate of drug-likeness (QED) is 0.0133. The van der Waals surface area contributed by atoms with Crippen LogP contribution in [0.1, 0.15) is 171 Å². The number of carbonyl (C=O) groups excluding carboxylic acids is 7. The maximum absolute atomic E-state index is 13.7. The first kappa shape index (κ1) is 91.7. The molecule has 32 heteroatoms. The van der Waals surface area contributed by atoms with E-state index in [0.717, 1.165) is 79.6 Å². The molecule has 23 nitrogen and oxygen atoms in total. The van der Waals surface area contributed by atoms with Crippen molar-refractivity contribution in [1.82, 2.24) is 35.1 Å². The number of ketones is 1. The number of carboxylic acids is 2. The van der Waals surface area contributed by atoms with Gasteiger partial charge in [0.1, 0.15) is 23.3 Å². The Hall–Kier alpha value is -7.90. The van der Waals surface area contributed by atoms with Crippen molar-refractivity contribution in [1.29, 1.82) is 0 Å². The first-order valence-corrected chi connectivity index (χ1v) is 52.8. The van der Waals surface area contributed by atoms with Gasteiger partial charge < -0.3 is 72.3 Å². The fourth-order valence-corrected chi connectivity index (χ4v) is 12.4. The number of carboxylic acid groups (broad SMARTS) is 2. The van der Waals surface area contributed by atoms with Crippen LogP contribution >= 0.6 is 74.5 Å². The minimum atomic E-state index is -1.03. The molecule has 0 atom stereocenters. The van der Waals surface area contributed by atoms with Gasteiger partial charge in [0.15, 0.2) is 12.1 Å². The maximum Gasteiger partial charge on any atom is 0.228 e. The largest absolute Gasteiger partial charge is 0.326 e. The molecule has 0 fully saturated rings. The number of benzene rings is 4. The van der Waals surface area contributed by atoms with Crippen molar-refractivity contribution < 1.29 is 84.2 Å². The zero-order valence-electron chi connectivity index (χ0n) is 62.0. The van der Waals surface area contributed by atoms with Crippen molar-refractivity contribution in [3.63, 3.8) is 0 Å². The average molecular weight is 2070 g/mol. The number of carbonyl (C=O) groups is 9. The van der Waals surface area contributed by atoms with Gasteiger partial charge in [0.05, 0.1) is 45.5 Å². The summed E-state index contributed by atoms with van der Waals surface area (Å²) in [5.41, 5.74) is 20.0. The van der Waals surface area contributed by atoms with Crippen LogP contribution in [0.2, 0.25) is 0 Å². The van der Waals surface area contributed by atoms with Crippen LogP contribution in [-0.4, -0.2) is 146 Å². The summed E-state index contributed by atoms with van der Waals surface area (Å²) in [6.07, 6.45) is 5.81. The van der Waals surface area contributed by atoms with Gasteiger partial charge in [0, 0.05) is 148 Å². The number of nitrogens with one attached hydrogen (secondary N) is 9. The summed E-state index contributed by atoms with van der Waals surface area (Å²) in [7, 11) is 0. The van der Waals surface area contributed by atoms with Gasteiger partial charge in [0.2, 0.25) is 5.91 Å². The molecule has 0 saturated carbocycles. The van der Waals surface area contributed by atoms with Crippen molar-refractivity contribution >= 4 is 186 Å². The van der Waals surface area contributed by atoms with Gasteiger partial charge in [-0.1, -0.05) is 27.7 Å². The number of aryl methyl sites for hydroxylation is 4. The Labute approximate surface area is 682 Å². The number of H-pyrrole nitrogens is 4. The van der Waals surface area contributed by atoms with E-state index in [2.05, 4.69) is 158 Å². The van der Waals surface area contributed by atoms with Crippen molar-refractivity contribution in [3.05, 3.63) is 208 Å². The molecule has 5 amide bonds. The minimum absolute atomic E-state index is 0.0294. The fourth-order valence-electron chi connectivity index (χ4n) is 12.4. The molecule has 8 heterocycles. The summed E-state index contributed by atoms with van der Waals surface area (Å²) in [4.78, 5) is 120. The summed E-state index contributed by atoms with van der Waals surface area (Å²) < 4.78 is 53.0. The Bertz CT molecular complexity index is 4660. The Morgan fingerprint density at radius 3 is 1.15 bits per heavy atom. The molecular weight excluding hydrogens is 1980 g/mol. The van der Waals surface area contributed by atoms with Crippen LogP contribution in [-0.2, 0) is 25.6 Å². The molecule has 0 radical (unpaired) electrons. The number of anilines is 4. The molecule has 13 N–H and O–H groups in total. The molecule has 109 heavy (non-hydrogen) atoms. The van der Waals surface area contributed by atoms with Gasteiger partial charge in [-0.05, 0) is 207 Å². The van der Waals surface area contributed by atoms with Crippen LogP contribution < -0.4 is 45.6 Å². The number of hydrogen-bond donors (Lipinski definition) is 12. The molecule has 0 aliphatic carbocycles. The third kappa shape index (κ3) is 24.3. The number of aldehydes is 1. The summed E-state index contributed by atoms with van der Waals surface area (Å²) >= 11 is 9.54. The van der Waals surface area contributed by atoms with E-state index >= 15 is 0 Å². The van der Waals surface area contributed by atoms with Gasteiger partial charge in [-0.15, -0.1) is 0 Å². The summed E-state index contributed by atoms with van der Waals surface area (Å²) in [6, 6.07) is 16.7. The number of likely N-dealkylation sites (N-methyl/N-ethyl adjacent to an activating group) is 2. The number of amides is 5. The Kier molecular flexibility index (Phi) is 36.7. The molecule has 584 valence electrons. The molecule has 4 aliphatic heterocycles. The maximum atomic E-state index is 13.7. The number of hydrogen-bond acceptors (Lipinski definition) is 12. The third-order valence-electron chi connectivity index (χ3n) is 17.8. The predicted octanol–water partition coefficient (Wildman–Crippen LogP) is 13.1. The fraction of sp³-hybridized carbons (Fsp3) is 0.286. The molecule has 0 saturated heterocycles. The molecule has 4 aliphatic rings. The normalized spacial score (nSPS) is 13.5. The van der Waals surface area contributed by atoms with E-state index in [9.17, 15) is 65.8 Å². The molecular formula is C77H86F4I5N12O11-. The Morgan fingerprint density at radius 1 is 0.505 bits per heavy atom. The number of rotatable bonds is 17. The van der Waals surface area contributed by atoms with Crippen molar-refractivity contribution in [3.8, 4) is 0 Å². The van der Waals surface area contributed by atoms with E-state index in [0.29, 0.717) is 139 Å². The third-order valence-corrected chi connectivity index (χ3v) is 17.8. The number of aromatic amines is 4. The number of fused-ring (bicyclic) bond motifs is 4. The van der Waals surface area contributed by atoms with E-state index in [1.54, 1.807) is 58.1 Å². The molecule has 0 unspecified atom stereocenters. The van der Waals surface area contributed by atoms with Gasteiger partial charge in [0.25, 0.3) is 23.6 Å². The Balaban J connectivity index is 0.000000242. The van der Waals surface area contributed by atoms with E-state index in [4.69, 9.17) is 10.8 Å². The topological polar surface area (TPSA) is 350 Å². The van der Waals surface area contributed by atoms with E-state index < -0.39 is 29.4 Å². The van der Waals surface area contributed by atoms with Gasteiger partial charge in [-0.25, -0.2) is 27.2 Å². The van der Waals surface area contributed by atoms with Crippen molar-refractivity contribution in [2.75, 3.05) is 73.6 Å². The molecule has 8 aromatic rings.